The number of rotatable bonds is 6. The van der Waals surface area contributed by atoms with Crippen molar-refractivity contribution in [2.45, 2.75) is 13.3 Å². The van der Waals surface area contributed by atoms with Crippen LogP contribution in [0, 0.1) is 6.92 Å². The van der Waals surface area contributed by atoms with Crippen LogP contribution in [-0.2, 0) is 16.0 Å². The number of carbonyl (C=O) groups excluding carboxylic acids is 1. The van der Waals surface area contributed by atoms with E-state index in [1.165, 1.54) is 0 Å². The van der Waals surface area contributed by atoms with Gasteiger partial charge in [0.05, 0.1) is 20.1 Å². The molecular formula is C13H18ClNO3. The minimum Gasteiger partial charge on any atom is -0.496 e. The second kappa shape index (κ2) is 7.24. The Labute approximate surface area is 112 Å². The summed E-state index contributed by atoms with van der Waals surface area (Å²) in [6, 6.07) is 3.60. The van der Waals surface area contributed by atoms with Gasteiger partial charge in [-0.25, -0.2) is 0 Å². The van der Waals surface area contributed by atoms with Gasteiger partial charge in [0, 0.05) is 24.2 Å². The van der Waals surface area contributed by atoms with Crippen LogP contribution >= 0.6 is 11.6 Å². The Morgan fingerprint density at radius 3 is 2.72 bits per heavy atom. The number of methoxy groups -OCH3 is 2. The summed E-state index contributed by atoms with van der Waals surface area (Å²) < 4.78 is 10.1. The van der Waals surface area contributed by atoms with Gasteiger partial charge in [0.2, 0.25) is 5.91 Å². The molecule has 1 aromatic carbocycles. The van der Waals surface area contributed by atoms with Crippen LogP contribution in [0.2, 0.25) is 5.02 Å². The minimum absolute atomic E-state index is 0.0785. The Bertz CT molecular complexity index is 421. The third-order valence-corrected chi connectivity index (χ3v) is 2.95. The monoisotopic (exact) mass is 271 g/mol. The van der Waals surface area contributed by atoms with Crippen molar-refractivity contribution in [3.05, 3.63) is 28.3 Å². The van der Waals surface area contributed by atoms with Crippen molar-refractivity contribution in [3.63, 3.8) is 0 Å². The van der Waals surface area contributed by atoms with E-state index < -0.39 is 0 Å². The normalized spacial score (nSPS) is 10.2. The number of ether oxygens (including phenoxy) is 2. The molecule has 100 valence electrons. The number of nitrogens with one attached hydrogen (secondary N) is 1. The average molecular weight is 272 g/mol. The fourth-order valence-corrected chi connectivity index (χ4v) is 1.74. The molecule has 0 unspecified atom stereocenters. The van der Waals surface area contributed by atoms with Gasteiger partial charge in [0.1, 0.15) is 5.75 Å². The number of aryl methyl sites for hydroxylation is 1. The third-order valence-electron chi connectivity index (χ3n) is 2.54. The van der Waals surface area contributed by atoms with Gasteiger partial charge >= 0.3 is 0 Å². The van der Waals surface area contributed by atoms with Gasteiger partial charge in [-0.3, -0.25) is 4.79 Å². The largest absolute Gasteiger partial charge is 0.496 e. The molecule has 0 aliphatic rings. The molecule has 1 N–H and O–H groups in total. The third kappa shape index (κ3) is 4.20. The maximum absolute atomic E-state index is 11.7. The maximum atomic E-state index is 11.7. The van der Waals surface area contributed by atoms with Crippen LogP contribution in [0.25, 0.3) is 0 Å². The number of halogens is 1. The van der Waals surface area contributed by atoms with E-state index in [0.717, 1.165) is 11.1 Å². The maximum Gasteiger partial charge on any atom is 0.224 e. The number of carbonyl (C=O) groups is 1. The zero-order valence-corrected chi connectivity index (χ0v) is 11.6. The molecule has 0 bridgehead atoms. The highest BCUT2D eigenvalue weighted by atomic mass is 35.5. The number of hydrogen-bond donors (Lipinski definition) is 1. The summed E-state index contributed by atoms with van der Waals surface area (Å²) in [6.07, 6.45) is 0.243. The van der Waals surface area contributed by atoms with Crippen molar-refractivity contribution >= 4 is 17.5 Å². The van der Waals surface area contributed by atoms with E-state index in [2.05, 4.69) is 5.32 Å². The first kappa shape index (κ1) is 14.8. The number of benzene rings is 1. The van der Waals surface area contributed by atoms with Crippen molar-refractivity contribution in [1.29, 1.82) is 0 Å². The second-order valence-corrected chi connectivity index (χ2v) is 4.34. The first-order chi connectivity index (χ1) is 8.58. The summed E-state index contributed by atoms with van der Waals surface area (Å²) in [4.78, 5) is 11.7. The van der Waals surface area contributed by atoms with Crippen molar-refractivity contribution in [1.82, 2.24) is 5.32 Å². The van der Waals surface area contributed by atoms with Gasteiger partial charge < -0.3 is 14.8 Å². The Hall–Kier alpha value is -1.26. The van der Waals surface area contributed by atoms with Crippen LogP contribution in [0.3, 0.4) is 0 Å². The SMILES string of the molecule is COCCNC(=O)Cc1cc(Cl)c(C)cc1OC. The topological polar surface area (TPSA) is 47.6 Å². The molecule has 0 saturated heterocycles. The predicted octanol–water partition coefficient (Wildman–Crippen LogP) is 1.96. The lowest BCUT2D eigenvalue weighted by molar-refractivity contribution is -0.120. The summed E-state index contributed by atoms with van der Waals surface area (Å²) in [5.41, 5.74) is 1.71. The summed E-state index contributed by atoms with van der Waals surface area (Å²) in [7, 11) is 3.17. The highest BCUT2D eigenvalue weighted by molar-refractivity contribution is 6.31. The van der Waals surface area contributed by atoms with Crippen LogP contribution < -0.4 is 10.1 Å². The van der Waals surface area contributed by atoms with Crippen LogP contribution in [0.1, 0.15) is 11.1 Å². The van der Waals surface area contributed by atoms with E-state index in [-0.39, 0.29) is 12.3 Å². The fraction of sp³-hybridized carbons (Fsp3) is 0.462. The van der Waals surface area contributed by atoms with E-state index in [4.69, 9.17) is 21.1 Å². The molecule has 1 rings (SSSR count). The van der Waals surface area contributed by atoms with Crippen LogP contribution in [0.15, 0.2) is 12.1 Å². The summed E-state index contributed by atoms with van der Waals surface area (Å²) in [6.45, 7) is 2.89. The zero-order chi connectivity index (χ0) is 13.5. The molecular weight excluding hydrogens is 254 g/mol. The van der Waals surface area contributed by atoms with Crippen molar-refractivity contribution in [2.24, 2.45) is 0 Å². The second-order valence-electron chi connectivity index (χ2n) is 3.93. The quantitative estimate of drug-likeness (QED) is 0.805. The van der Waals surface area contributed by atoms with Crippen LogP contribution in [-0.4, -0.2) is 33.3 Å². The van der Waals surface area contributed by atoms with E-state index in [1.54, 1.807) is 20.3 Å². The van der Waals surface area contributed by atoms with E-state index in [9.17, 15) is 4.79 Å². The lowest BCUT2D eigenvalue weighted by atomic mass is 10.1. The zero-order valence-electron chi connectivity index (χ0n) is 10.9. The molecule has 0 atom stereocenters. The molecule has 0 aliphatic carbocycles. The molecule has 0 aromatic heterocycles. The van der Waals surface area contributed by atoms with Gasteiger partial charge in [-0.1, -0.05) is 11.6 Å². The molecule has 5 heteroatoms. The molecule has 0 radical (unpaired) electrons. The molecule has 1 aromatic rings. The summed E-state index contributed by atoms with van der Waals surface area (Å²) in [5.74, 6) is 0.601. The lowest BCUT2D eigenvalue weighted by Crippen LogP contribution is -2.28. The molecule has 0 heterocycles. The van der Waals surface area contributed by atoms with Gasteiger partial charge in [-0.05, 0) is 24.6 Å². The molecule has 0 fully saturated rings. The summed E-state index contributed by atoms with van der Waals surface area (Å²) in [5, 5.41) is 3.39. The first-order valence-corrected chi connectivity index (χ1v) is 6.05. The fourth-order valence-electron chi connectivity index (χ4n) is 1.55. The van der Waals surface area contributed by atoms with Gasteiger partial charge in [-0.15, -0.1) is 0 Å². The van der Waals surface area contributed by atoms with Crippen molar-refractivity contribution in [2.75, 3.05) is 27.4 Å². The Morgan fingerprint density at radius 1 is 1.39 bits per heavy atom. The Kier molecular flexibility index (Phi) is 5.95. The van der Waals surface area contributed by atoms with E-state index in [0.29, 0.717) is 23.9 Å². The number of hydrogen-bond acceptors (Lipinski definition) is 3. The highest BCUT2D eigenvalue weighted by Crippen LogP contribution is 2.26. The van der Waals surface area contributed by atoms with E-state index >= 15 is 0 Å². The average Bonchev–Trinajstić information content (AvgIpc) is 2.34. The molecule has 4 nitrogen and oxygen atoms in total. The van der Waals surface area contributed by atoms with Crippen molar-refractivity contribution in [3.8, 4) is 5.75 Å². The van der Waals surface area contributed by atoms with Gasteiger partial charge in [0.15, 0.2) is 0 Å². The molecule has 18 heavy (non-hydrogen) atoms. The van der Waals surface area contributed by atoms with Crippen molar-refractivity contribution < 1.29 is 14.3 Å². The van der Waals surface area contributed by atoms with Gasteiger partial charge in [-0.2, -0.15) is 0 Å². The first-order valence-electron chi connectivity index (χ1n) is 5.67. The predicted molar refractivity (Wildman–Crippen MR) is 71.3 cm³/mol. The minimum atomic E-state index is -0.0785. The molecule has 0 spiro atoms. The van der Waals surface area contributed by atoms with Crippen LogP contribution in [0.5, 0.6) is 5.75 Å². The molecule has 1 amide bonds. The van der Waals surface area contributed by atoms with Crippen LogP contribution in [0.4, 0.5) is 0 Å². The smallest absolute Gasteiger partial charge is 0.224 e. The molecule has 0 aliphatic heterocycles. The highest BCUT2D eigenvalue weighted by Gasteiger charge is 2.11. The standard InChI is InChI=1S/C13H18ClNO3/c1-9-6-12(18-3)10(7-11(9)14)8-13(16)15-4-5-17-2/h6-7H,4-5,8H2,1-3H3,(H,15,16). The Balaban J connectivity index is 2.71. The Morgan fingerprint density at radius 2 is 2.11 bits per heavy atom. The molecule has 0 saturated carbocycles. The van der Waals surface area contributed by atoms with E-state index in [1.807, 2.05) is 13.0 Å². The van der Waals surface area contributed by atoms with Gasteiger partial charge in [0.25, 0.3) is 0 Å². The summed E-state index contributed by atoms with van der Waals surface area (Å²) >= 11 is 6.05. The lowest BCUT2D eigenvalue weighted by Gasteiger charge is -2.11. The number of amides is 1.